The van der Waals surface area contributed by atoms with Crippen LogP contribution in [0.1, 0.15) is 43.7 Å². The number of piperidine rings is 1. The molecule has 0 saturated carbocycles. The summed E-state index contributed by atoms with van der Waals surface area (Å²) in [6.45, 7) is 2.31. The minimum absolute atomic E-state index is 0.139. The Kier molecular flexibility index (Phi) is 4.98. The molecular weight excluding hydrogens is 278 g/mol. The highest BCUT2D eigenvalue weighted by atomic mass is 16.5. The van der Waals surface area contributed by atoms with Crippen LogP contribution in [-0.2, 0) is 9.53 Å². The summed E-state index contributed by atoms with van der Waals surface area (Å²) in [6, 6.07) is 8.35. The highest BCUT2D eigenvalue weighted by Crippen LogP contribution is 2.34. The highest BCUT2D eigenvalue weighted by molar-refractivity contribution is 5.79. The Morgan fingerprint density at radius 1 is 1.23 bits per heavy atom. The molecule has 2 saturated heterocycles. The van der Waals surface area contributed by atoms with Crippen molar-refractivity contribution in [3.63, 3.8) is 0 Å². The number of methoxy groups -OCH3 is 1. The number of carbonyl (C=O) groups is 1. The van der Waals surface area contributed by atoms with Gasteiger partial charge in [-0.1, -0.05) is 12.1 Å². The normalized spacial score (nSPS) is 23.3. The van der Waals surface area contributed by atoms with Crippen LogP contribution in [0.3, 0.4) is 0 Å². The van der Waals surface area contributed by atoms with Crippen LogP contribution < -0.4 is 4.74 Å². The predicted octanol–water partition coefficient (Wildman–Crippen LogP) is 3.18. The van der Waals surface area contributed by atoms with Crippen molar-refractivity contribution in [2.75, 3.05) is 26.9 Å². The lowest BCUT2D eigenvalue weighted by Crippen LogP contribution is -2.43. The molecule has 3 rings (SSSR count). The summed E-state index contributed by atoms with van der Waals surface area (Å²) in [5, 5.41) is 0. The maximum Gasteiger partial charge on any atom is 0.226 e. The predicted molar refractivity (Wildman–Crippen MR) is 84.8 cm³/mol. The molecular formula is C18H25NO3. The SMILES string of the molecule is COc1cccc([C@@H]2CCCCN2C(=O)C2CCOCC2)c1. The minimum Gasteiger partial charge on any atom is -0.497 e. The fraction of sp³-hybridized carbons (Fsp3) is 0.611. The van der Waals surface area contributed by atoms with Crippen molar-refractivity contribution in [2.24, 2.45) is 5.92 Å². The smallest absolute Gasteiger partial charge is 0.226 e. The van der Waals surface area contributed by atoms with E-state index in [-0.39, 0.29) is 12.0 Å². The molecule has 1 aromatic carbocycles. The first-order chi connectivity index (χ1) is 10.8. The fourth-order valence-corrected chi connectivity index (χ4v) is 3.57. The van der Waals surface area contributed by atoms with Crippen LogP contribution >= 0.6 is 0 Å². The molecule has 1 aromatic rings. The first kappa shape index (κ1) is 15.3. The second-order valence-corrected chi connectivity index (χ2v) is 6.21. The van der Waals surface area contributed by atoms with Crippen molar-refractivity contribution < 1.29 is 14.3 Å². The maximum absolute atomic E-state index is 12.9. The molecule has 2 aliphatic heterocycles. The van der Waals surface area contributed by atoms with Gasteiger partial charge in [0, 0.05) is 25.7 Å². The van der Waals surface area contributed by atoms with Crippen molar-refractivity contribution in [3.8, 4) is 5.75 Å². The summed E-state index contributed by atoms with van der Waals surface area (Å²) in [4.78, 5) is 15.0. The minimum atomic E-state index is 0.139. The van der Waals surface area contributed by atoms with Crippen LogP contribution in [0.2, 0.25) is 0 Å². The summed E-state index contributed by atoms with van der Waals surface area (Å²) in [7, 11) is 1.69. The zero-order chi connectivity index (χ0) is 15.4. The Morgan fingerprint density at radius 3 is 2.82 bits per heavy atom. The van der Waals surface area contributed by atoms with Gasteiger partial charge in [-0.05, 0) is 49.8 Å². The molecule has 0 unspecified atom stereocenters. The van der Waals surface area contributed by atoms with Gasteiger partial charge in [-0.15, -0.1) is 0 Å². The lowest BCUT2D eigenvalue weighted by Gasteiger charge is -2.39. The standard InChI is InChI=1S/C18H25NO3/c1-21-16-6-4-5-15(13-16)17-7-2-3-10-19(17)18(20)14-8-11-22-12-9-14/h4-6,13-14,17H,2-3,7-12H2,1H3/t17-/m0/s1. The van der Waals surface area contributed by atoms with Crippen molar-refractivity contribution in [1.82, 2.24) is 4.90 Å². The van der Waals surface area contributed by atoms with Gasteiger partial charge in [0.15, 0.2) is 0 Å². The van der Waals surface area contributed by atoms with E-state index in [1.807, 2.05) is 12.1 Å². The summed E-state index contributed by atoms with van der Waals surface area (Å²) in [6.07, 6.45) is 5.05. The van der Waals surface area contributed by atoms with Crippen molar-refractivity contribution >= 4 is 5.91 Å². The Balaban J connectivity index is 1.79. The lowest BCUT2D eigenvalue weighted by molar-refractivity contribution is -0.142. The molecule has 2 fully saturated rings. The largest absolute Gasteiger partial charge is 0.497 e. The average Bonchev–Trinajstić information content (AvgIpc) is 2.62. The van der Waals surface area contributed by atoms with Gasteiger partial charge in [-0.3, -0.25) is 4.79 Å². The zero-order valence-corrected chi connectivity index (χ0v) is 13.3. The molecule has 1 atom stereocenters. The maximum atomic E-state index is 12.9. The van der Waals surface area contributed by atoms with E-state index < -0.39 is 0 Å². The Labute approximate surface area is 132 Å². The number of hydrogen-bond donors (Lipinski definition) is 0. The van der Waals surface area contributed by atoms with Gasteiger partial charge < -0.3 is 14.4 Å². The van der Waals surface area contributed by atoms with Crippen LogP contribution in [-0.4, -0.2) is 37.7 Å². The number of carbonyl (C=O) groups excluding carboxylic acids is 1. The van der Waals surface area contributed by atoms with Crippen LogP contribution in [0, 0.1) is 5.92 Å². The van der Waals surface area contributed by atoms with Crippen LogP contribution in [0.25, 0.3) is 0 Å². The Morgan fingerprint density at radius 2 is 2.05 bits per heavy atom. The van der Waals surface area contributed by atoms with Gasteiger partial charge in [-0.25, -0.2) is 0 Å². The topological polar surface area (TPSA) is 38.8 Å². The average molecular weight is 303 g/mol. The van der Waals surface area contributed by atoms with Gasteiger partial charge in [0.2, 0.25) is 5.91 Å². The van der Waals surface area contributed by atoms with E-state index >= 15 is 0 Å². The number of rotatable bonds is 3. The number of amides is 1. The molecule has 2 aliphatic rings. The summed E-state index contributed by atoms with van der Waals surface area (Å²) >= 11 is 0. The molecule has 2 heterocycles. The molecule has 22 heavy (non-hydrogen) atoms. The summed E-state index contributed by atoms with van der Waals surface area (Å²) < 4.78 is 10.7. The first-order valence-electron chi connectivity index (χ1n) is 8.32. The molecule has 0 N–H and O–H groups in total. The molecule has 4 nitrogen and oxygen atoms in total. The van der Waals surface area contributed by atoms with Gasteiger partial charge in [0.25, 0.3) is 0 Å². The van der Waals surface area contributed by atoms with Crippen molar-refractivity contribution in [2.45, 2.75) is 38.1 Å². The molecule has 0 aliphatic carbocycles. The van der Waals surface area contributed by atoms with Gasteiger partial charge >= 0.3 is 0 Å². The molecule has 1 amide bonds. The molecule has 0 bridgehead atoms. The van der Waals surface area contributed by atoms with Gasteiger partial charge in [0.05, 0.1) is 13.2 Å². The Bertz CT molecular complexity index is 511. The number of hydrogen-bond acceptors (Lipinski definition) is 3. The van der Waals surface area contributed by atoms with E-state index in [1.165, 1.54) is 12.0 Å². The van der Waals surface area contributed by atoms with E-state index in [0.29, 0.717) is 19.1 Å². The third-order valence-corrected chi connectivity index (χ3v) is 4.83. The molecule has 0 radical (unpaired) electrons. The van der Waals surface area contributed by atoms with E-state index in [9.17, 15) is 4.79 Å². The third-order valence-electron chi connectivity index (χ3n) is 4.83. The van der Waals surface area contributed by atoms with Crippen molar-refractivity contribution in [3.05, 3.63) is 29.8 Å². The highest BCUT2D eigenvalue weighted by Gasteiger charge is 2.33. The molecule has 4 heteroatoms. The second kappa shape index (κ2) is 7.14. The zero-order valence-electron chi connectivity index (χ0n) is 13.3. The van der Waals surface area contributed by atoms with Crippen LogP contribution in [0.15, 0.2) is 24.3 Å². The Hall–Kier alpha value is -1.55. The molecule has 120 valence electrons. The monoisotopic (exact) mass is 303 g/mol. The second-order valence-electron chi connectivity index (χ2n) is 6.21. The number of ether oxygens (including phenoxy) is 2. The van der Waals surface area contributed by atoms with E-state index in [4.69, 9.17) is 9.47 Å². The summed E-state index contributed by atoms with van der Waals surface area (Å²) in [5.41, 5.74) is 1.19. The lowest BCUT2D eigenvalue weighted by atomic mass is 9.91. The van der Waals surface area contributed by atoms with E-state index in [2.05, 4.69) is 17.0 Å². The van der Waals surface area contributed by atoms with Crippen molar-refractivity contribution in [1.29, 1.82) is 0 Å². The van der Waals surface area contributed by atoms with Crippen LogP contribution in [0.5, 0.6) is 5.75 Å². The number of nitrogens with zero attached hydrogens (tertiary/aromatic N) is 1. The molecule has 0 spiro atoms. The summed E-state index contributed by atoms with van der Waals surface area (Å²) in [5.74, 6) is 1.32. The fourth-order valence-electron chi connectivity index (χ4n) is 3.57. The first-order valence-corrected chi connectivity index (χ1v) is 8.32. The van der Waals surface area contributed by atoms with Gasteiger partial charge in [-0.2, -0.15) is 0 Å². The van der Waals surface area contributed by atoms with E-state index in [1.54, 1.807) is 7.11 Å². The van der Waals surface area contributed by atoms with Crippen LogP contribution in [0.4, 0.5) is 0 Å². The van der Waals surface area contributed by atoms with Gasteiger partial charge in [0.1, 0.15) is 5.75 Å². The third kappa shape index (κ3) is 3.27. The quantitative estimate of drug-likeness (QED) is 0.861. The number of likely N-dealkylation sites (tertiary alicyclic amines) is 1. The number of benzene rings is 1. The molecule has 0 aromatic heterocycles. The van der Waals surface area contributed by atoms with E-state index in [0.717, 1.165) is 38.0 Å².